The fraction of sp³-hybridized carbons (Fsp3) is 0.444. The monoisotopic (exact) mass is 180 g/mol. The topological polar surface area (TPSA) is 65.1 Å². The van der Waals surface area contributed by atoms with E-state index >= 15 is 0 Å². The summed E-state index contributed by atoms with van der Waals surface area (Å²) in [7, 11) is 0. The molecule has 4 nitrogen and oxygen atoms in total. The van der Waals surface area contributed by atoms with E-state index in [9.17, 15) is 9.90 Å². The van der Waals surface area contributed by atoms with Gasteiger partial charge in [-0.25, -0.2) is 0 Å². The van der Waals surface area contributed by atoms with E-state index in [0.29, 0.717) is 5.69 Å². The van der Waals surface area contributed by atoms with Crippen molar-refractivity contribution in [2.75, 3.05) is 0 Å². The van der Waals surface area contributed by atoms with Crippen LogP contribution < -0.4 is 5.32 Å². The maximum atomic E-state index is 11.4. The minimum Gasteiger partial charge on any atom is -0.391 e. The highest BCUT2D eigenvalue weighted by molar-refractivity contribution is 5.92. The maximum Gasteiger partial charge on any atom is 0.267 e. The number of aromatic nitrogens is 1. The molecule has 3 N–H and O–H groups in total. The molecule has 4 heteroatoms. The van der Waals surface area contributed by atoms with Crippen molar-refractivity contribution < 1.29 is 9.90 Å². The lowest BCUT2D eigenvalue weighted by Crippen LogP contribution is -2.50. The second kappa shape index (κ2) is 3.22. The number of carbonyl (C=O) groups is 1. The van der Waals surface area contributed by atoms with Crippen LogP contribution in [-0.4, -0.2) is 28.1 Å². The number of aromatic amines is 1. The molecule has 1 aromatic rings. The average molecular weight is 180 g/mol. The molecule has 1 fully saturated rings. The number of aliphatic hydroxyl groups excluding tert-OH is 1. The van der Waals surface area contributed by atoms with Gasteiger partial charge in [-0.05, 0) is 25.0 Å². The van der Waals surface area contributed by atoms with E-state index in [1.165, 1.54) is 0 Å². The normalized spacial score (nSPS) is 26.5. The molecule has 0 unspecified atom stereocenters. The average Bonchev–Trinajstić information content (AvgIpc) is 2.64. The predicted molar refractivity (Wildman–Crippen MR) is 47.3 cm³/mol. The molecule has 2 atom stereocenters. The molecule has 1 saturated carbocycles. The van der Waals surface area contributed by atoms with E-state index in [0.717, 1.165) is 12.8 Å². The van der Waals surface area contributed by atoms with Gasteiger partial charge < -0.3 is 15.4 Å². The second-order valence-corrected chi connectivity index (χ2v) is 3.31. The third-order valence-electron chi connectivity index (χ3n) is 2.40. The molecule has 0 aliphatic heterocycles. The number of amides is 1. The van der Waals surface area contributed by atoms with Gasteiger partial charge in [0, 0.05) is 6.20 Å². The Bertz CT molecular complexity index is 295. The Morgan fingerprint density at radius 3 is 2.92 bits per heavy atom. The fourth-order valence-corrected chi connectivity index (χ4v) is 1.37. The summed E-state index contributed by atoms with van der Waals surface area (Å²) >= 11 is 0. The molecule has 1 aromatic heterocycles. The van der Waals surface area contributed by atoms with E-state index in [2.05, 4.69) is 10.3 Å². The number of carbonyl (C=O) groups excluding carboxylic acids is 1. The molecule has 0 aromatic carbocycles. The Morgan fingerprint density at radius 1 is 1.62 bits per heavy atom. The van der Waals surface area contributed by atoms with Gasteiger partial charge in [-0.1, -0.05) is 0 Å². The third-order valence-corrected chi connectivity index (χ3v) is 2.40. The van der Waals surface area contributed by atoms with Gasteiger partial charge in [-0.2, -0.15) is 0 Å². The van der Waals surface area contributed by atoms with Crippen LogP contribution in [0, 0.1) is 0 Å². The van der Waals surface area contributed by atoms with Crippen LogP contribution in [0.2, 0.25) is 0 Å². The van der Waals surface area contributed by atoms with Crippen molar-refractivity contribution in [2.24, 2.45) is 0 Å². The van der Waals surface area contributed by atoms with Crippen LogP contribution >= 0.6 is 0 Å². The van der Waals surface area contributed by atoms with Crippen molar-refractivity contribution in [3.05, 3.63) is 24.0 Å². The van der Waals surface area contributed by atoms with Gasteiger partial charge in [0.1, 0.15) is 5.69 Å². The molecule has 0 saturated heterocycles. The molecule has 1 aliphatic rings. The molecule has 1 amide bonds. The number of hydrogen-bond donors (Lipinski definition) is 3. The van der Waals surface area contributed by atoms with Gasteiger partial charge in [0.15, 0.2) is 0 Å². The summed E-state index contributed by atoms with van der Waals surface area (Å²) in [5, 5.41) is 12.0. The molecule has 0 radical (unpaired) electrons. The van der Waals surface area contributed by atoms with Gasteiger partial charge in [-0.3, -0.25) is 4.79 Å². The largest absolute Gasteiger partial charge is 0.391 e. The molecule has 2 rings (SSSR count). The molecule has 1 heterocycles. The lowest BCUT2D eigenvalue weighted by atomic mass is 9.89. The van der Waals surface area contributed by atoms with Crippen LogP contribution in [0.3, 0.4) is 0 Å². The summed E-state index contributed by atoms with van der Waals surface area (Å²) in [5.41, 5.74) is 0.541. The van der Waals surface area contributed by atoms with Crippen molar-refractivity contribution in [1.29, 1.82) is 0 Å². The first-order valence-electron chi connectivity index (χ1n) is 4.39. The zero-order chi connectivity index (χ0) is 9.26. The standard InChI is InChI=1S/C9H12N2O2/c12-8-4-3-6(8)11-9(13)7-2-1-5-10-7/h1-2,5-6,8,10,12H,3-4H2,(H,11,13)/t6-,8-/m1/s1. The van der Waals surface area contributed by atoms with Crippen molar-refractivity contribution in [3.8, 4) is 0 Å². The van der Waals surface area contributed by atoms with Gasteiger partial charge in [0.05, 0.1) is 12.1 Å². The highest BCUT2D eigenvalue weighted by atomic mass is 16.3. The lowest BCUT2D eigenvalue weighted by Gasteiger charge is -2.32. The van der Waals surface area contributed by atoms with Gasteiger partial charge in [0.25, 0.3) is 5.91 Å². The lowest BCUT2D eigenvalue weighted by molar-refractivity contribution is 0.0446. The predicted octanol–water partition coefficient (Wildman–Crippen LogP) is 0.268. The number of H-pyrrole nitrogens is 1. The number of hydrogen-bond acceptors (Lipinski definition) is 2. The van der Waals surface area contributed by atoms with E-state index in [1.54, 1.807) is 18.3 Å². The van der Waals surface area contributed by atoms with Crippen LogP contribution in [0.25, 0.3) is 0 Å². The summed E-state index contributed by atoms with van der Waals surface area (Å²) in [4.78, 5) is 14.2. The summed E-state index contributed by atoms with van der Waals surface area (Å²) < 4.78 is 0. The van der Waals surface area contributed by atoms with Crippen LogP contribution in [-0.2, 0) is 0 Å². The SMILES string of the molecule is O=C(N[C@@H]1CC[C@H]1O)c1ccc[nH]1. The minimum absolute atomic E-state index is 0.0594. The number of aliphatic hydroxyl groups is 1. The Hall–Kier alpha value is -1.29. The Balaban J connectivity index is 1.92. The van der Waals surface area contributed by atoms with Crippen molar-refractivity contribution >= 4 is 5.91 Å². The fourth-order valence-electron chi connectivity index (χ4n) is 1.37. The first-order chi connectivity index (χ1) is 6.27. The zero-order valence-electron chi connectivity index (χ0n) is 7.16. The van der Waals surface area contributed by atoms with Gasteiger partial charge in [-0.15, -0.1) is 0 Å². The van der Waals surface area contributed by atoms with Crippen molar-refractivity contribution in [1.82, 2.24) is 10.3 Å². The van der Waals surface area contributed by atoms with Crippen molar-refractivity contribution in [2.45, 2.75) is 25.0 Å². The molecule has 1 aliphatic carbocycles. The van der Waals surface area contributed by atoms with Crippen LogP contribution in [0.4, 0.5) is 0 Å². The van der Waals surface area contributed by atoms with Gasteiger partial charge >= 0.3 is 0 Å². The molecule has 0 bridgehead atoms. The third kappa shape index (κ3) is 1.58. The Labute approximate surface area is 76.0 Å². The Morgan fingerprint density at radius 2 is 2.46 bits per heavy atom. The molecular formula is C9H12N2O2. The summed E-state index contributed by atoms with van der Waals surface area (Å²) in [6.07, 6.45) is 2.99. The van der Waals surface area contributed by atoms with Crippen LogP contribution in [0.1, 0.15) is 23.3 Å². The quantitative estimate of drug-likeness (QED) is 0.611. The molecule has 70 valence electrons. The van der Waals surface area contributed by atoms with E-state index in [-0.39, 0.29) is 18.1 Å². The summed E-state index contributed by atoms with van der Waals surface area (Å²) in [6.45, 7) is 0. The smallest absolute Gasteiger partial charge is 0.267 e. The number of rotatable bonds is 2. The van der Waals surface area contributed by atoms with Crippen LogP contribution in [0.5, 0.6) is 0 Å². The second-order valence-electron chi connectivity index (χ2n) is 3.31. The summed E-state index contributed by atoms with van der Waals surface area (Å²) in [5.74, 6) is -0.145. The Kier molecular flexibility index (Phi) is 2.06. The maximum absolute atomic E-state index is 11.4. The van der Waals surface area contributed by atoms with E-state index in [4.69, 9.17) is 0 Å². The van der Waals surface area contributed by atoms with Crippen molar-refractivity contribution in [3.63, 3.8) is 0 Å². The summed E-state index contributed by atoms with van der Waals surface area (Å²) in [6, 6.07) is 3.42. The molecule has 13 heavy (non-hydrogen) atoms. The van der Waals surface area contributed by atoms with E-state index in [1.807, 2.05) is 0 Å². The minimum atomic E-state index is -0.362. The molecular weight excluding hydrogens is 168 g/mol. The number of nitrogens with one attached hydrogen (secondary N) is 2. The first kappa shape index (κ1) is 8.31. The van der Waals surface area contributed by atoms with Gasteiger partial charge in [0.2, 0.25) is 0 Å². The molecule has 0 spiro atoms. The van der Waals surface area contributed by atoms with E-state index < -0.39 is 0 Å². The highest BCUT2D eigenvalue weighted by Crippen LogP contribution is 2.19. The first-order valence-corrected chi connectivity index (χ1v) is 4.39. The highest BCUT2D eigenvalue weighted by Gasteiger charge is 2.30. The van der Waals surface area contributed by atoms with Crippen LogP contribution in [0.15, 0.2) is 18.3 Å². The zero-order valence-corrected chi connectivity index (χ0v) is 7.16.